The number of unbranched alkanes of at least 4 members (excludes halogenated alkanes) is 1. The number of rotatable bonds is 36. The zero-order chi connectivity index (χ0) is 40.7. The Morgan fingerprint density at radius 1 is 0.393 bits per heavy atom. The van der Waals surface area contributed by atoms with Crippen LogP contribution in [0.2, 0.25) is 0 Å². The Morgan fingerprint density at radius 3 is 1.09 bits per heavy atom. The first-order chi connectivity index (χ1) is 27.6. The second kappa shape index (κ2) is 45.2. The molecule has 0 saturated carbocycles. The van der Waals surface area contributed by atoms with Crippen molar-refractivity contribution in [1.82, 2.24) is 0 Å². The third-order valence-electron chi connectivity index (χ3n) is 7.88. The molecule has 5 nitrogen and oxygen atoms in total. The molecule has 0 aromatic rings. The Morgan fingerprint density at radius 2 is 0.714 bits per heavy atom. The van der Waals surface area contributed by atoms with Gasteiger partial charge in [-0.25, -0.2) is 0 Å². The van der Waals surface area contributed by atoms with Crippen LogP contribution < -0.4 is 0 Å². The molecule has 0 heterocycles. The highest BCUT2D eigenvalue weighted by Gasteiger charge is 2.17. The molecular formula is C51H76O5. The molecule has 56 heavy (non-hydrogen) atoms. The van der Waals surface area contributed by atoms with Gasteiger partial charge < -0.3 is 14.2 Å². The van der Waals surface area contributed by atoms with E-state index in [9.17, 15) is 9.59 Å². The maximum atomic E-state index is 12.7. The number of esters is 2. The molecule has 5 heteroatoms. The van der Waals surface area contributed by atoms with Crippen LogP contribution in [0, 0.1) is 0 Å². The van der Waals surface area contributed by atoms with Crippen LogP contribution in [0.4, 0.5) is 0 Å². The van der Waals surface area contributed by atoms with Crippen LogP contribution in [-0.2, 0) is 23.8 Å². The lowest BCUT2D eigenvalue weighted by Gasteiger charge is -2.18. The van der Waals surface area contributed by atoms with E-state index in [0.29, 0.717) is 19.4 Å². The summed E-state index contributed by atoms with van der Waals surface area (Å²) in [6.07, 6.45) is 66.0. The molecule has 0 aromatic heterocycles. The summed E-state index contributed by atoms with van der Waals surface area (Å²) < 4.78 is 17.1. The molecule has 1 unspecified atom stereocenters. The number of carbonyl (C=O) groups excluding carboxylic acids is 2. The van der Waals surface area contributed by atoms with E-state index in [1.54, 1.807) is 0 Å². The number of hydrogen-bond donors (Lipinski definition) is 0. The zero-order valence-electron chi connectivity index (χ0n) is 35.3. The minimum Gasteiger partial charge on any atom is -0.462 e. The number of ether oxygens (including phenoxy) is 3. The molecular weight excluding hydrogens is 693 g/mol. The molecule has 0 spiro atoms. The van der Waals surface area contributed by atoms with E-state index in [1.165, 1.54) is 0 Å². The van der Waals surface area contributed by atoms with Gasteiger partial charge in [-0.3, -0.25) is 9.59 Å². The summed E-state index contributed by atoms with van der Waals surface area (Å²) in [6.45, 7) is 7.13. The average Bonchev–Trinajstić information content (AvgIpc) is 3.20. The second-order valence-corrected chi connectivity index (χ2v) is 13.1. The first-order valence-corrected chi connectivity index (χ1v) is 21.4. The summed E-state index contributed by atoms with van der Waals surface area (Å²) in [5.74, 6) is -0.635. The smallest absolute Gasteiger partial charge is 0.306 e. The second-order valence-electron chi connectivity index (χ2n) is 13.1. The molecule has 0 amide bonds. The molecule has 0 aromatic carbocycles. The molecule has 0 rings (SSSR count). The SMILES string of the molecule is CC/C=C\C/C=C\C/C=C\C/C=C\CCCOCC(COC(=O)CC/C=C\C/C=C\C/C=C\C/C=C\CC)OC(=O)CC/C=C\C/C=C\C/C=C\C/C=C\CC. The lowest BCUT2D eigenvalue weighted by molar-refractivity contribution is -0.162. The fraction of sp³-hybridized carbons (Fsp3) is 0.490. The van der Waals surface area contributed by atoms with E-state index in [1.807, 2.05) is 12.2 Å². The van der Waals surface area contributed by atoms with Crippen molar-refractivity contribution in [2.45, 2.75) is 142 Å². The number of carbonyl (C=O) groups is 2. The Labute approximate surface area is 342 Å². The van der Waals surface area contributed by atoms with Crippen LogP contribution in [0.3, 0.4) is 0 Å². The van der Waals surface area contributed by atoms with E-state index >= 15 is 0 Å². The highest BCUT2D eigenvalue weighted by Crippen LogP contribution is 2.06. The van der Waals surface area contributed by atoms with Crippen LogP contribution in [0.25, 0.3) is 0 Å². The van der Waals surface area contributed by atoms with Crippen molar-refractivity contribution in [3.63, 3.8) is 0 Å². The van der Waals surface area contributed by atoms with Gasteiger partial charge in [0.05, 0.1) is 6.61 Å². The topological polar surface area (TPSA) is 61.8 Å². The van der Waals surface area contributed by atoms with Crippen LogP contribution >= 0.6 is 0 Å². The summed E-state index contributed by atoms with van der Waals surface area (Å²) in [5.41, 5.74) is 0. The van der Waals surface area contributed by atoms with Crippen molar-refractivity contribution in [3.8, 4) is 0 Å². The molecule has 0 bridgehead atoms. The minimum atomic E-state index is -0.640. The lowest BCUT2D eigenvalue weighted by atomic mass is 10.2. The summed E-state index contributed by atoms with van der Waals surface area (Å²) in [5, 5.41) is 0. The summed E-state index contributed by atoms with van der Waals surface area (Å²) in [4.78, 5) is 25.1. The van der Waals surface area contributed by atoms with Crippen molar-refractivity contribution in [2.24, 2.45) is 0 Å². The summed E-state index contributed by atoms with van der Waals surface area (Å²) in [7, 11) is 0. The van der Waals surface area contributed by atoms with Crippen molar-refractivity contribution >= 4 is 11.9 Å². The molecule has 0 aliphatic rings. The summed E-state index contributed by atoms with van der Waals surface area (Å²) in [6, 6.07) is 0. The van der Waals surface area contributed by atoms with E-state index < -0.39 is 6.10 Å². The Balaban J connectivity index is 4.60. The van der Waals surface area contributed by atoms with Crippen molar-refractivity contribution < 1.29 is 23.8 Å². The van der Waals surface area contributed by atoms with Crippen molar-refractivity contribution in [1.29, 1.82) is 0 Å². The quantitative estimate of drug-likeness (QED) is 0.0361. The van der Waals surface area contributed by atoms with Crippen molar-refractivity contribution in [3.05, 3.63) is 146 Å². The van der Waals surface area contributed by atoms with Crippen molar-refractivity contribution in [2.75, 3.05) is 19.8 Å². The normalized spacial score (nSPS) is 13.7. The van der Waals surface area contributed by atoms with Gasteiger partial charge in [0.1, 0.15) is 6.61 Å². The molecule has 1 atom stereocenters. The van der Waals surface area contributed by atoms with Gasteiger partial charge in [-0.1, -0.05) is 167 Å². The highest BCUT2D eigenvalue weighted by atomic mass is 16.6. The standard InChI is InChI=1S/C51H76O5/c1-4-7-10-13-16-19-22-25-28-31-34-37-40-43-46-54-47-49(56-51(53)45-42-39-36-33-30-27-24-21-18-15-12-9-6-3)48-55-50(52)44-41-38-35-32-29-26-23-20-17-14-11-8-5-2/h7-12,16-21,25-30,34-39,49H,4-6,13-15,22-24,31-33,40-48H2,1-3H3/b10-7-,11-8-,12-9-,19-16-,20-17-,21-18-,28-25-,29-26-,30-27-,37-34-,38-35-,39-36-. The van der Waals surface area contributed by atoms with Crippen LogP contribution in [-0.4, -0.2) is 37.9 Å². The van der Waals surface area contributed by atoms with Gasteiger partial charge >= 0.3 is 11.9 Å². The Kier molecular flexibility index (Phi) is 41.8. The van der Waals surface area contributed by atoms with Gasteiger partial charge in [0.25, 0.3) is 0 Å². The molecule has 0 N–H and O–H groups in total. The molecule has 0 radical (unpaired) electrons. The number of hydrogen-bond acceptors (Lipinski definition) is 5. The van der Waals surface area contributed by atoms with Gasteiger partial charge in [-0.15, -0.1) is 0 Å². The Bertz CT molecular complexity index is 1280. The molecule has 0 aliphatic heterocycles. The van der Waals surface area contributed by atoms with Gasteiger partial charge in [0.15, 0.2) is 6.10 Å². The molecule has 0 saturated heterocycles. The average molecular weight is 769 g/mol. The fourth-order valence-corrected chi connectivity index (χ4v) is 4.83. The van der Waals surface area contributed by atoms with Gasteiger partial charge in [-0.05, 0) is 103 Å². The third kappa shape index (κ3) is 42.5. The molecule has 310 valence electrons. The predicted molar refractivity (Wildman–Crippen MR) is 241 cm³/mol. The maximum Gasteiger partial charge on any atom is 0.306 e. The lowest BCUT2D eigenvalue weighted by Crippen LogP contribution is -2.30. The first-order valence-electron chi connectivity index (χ1n) is 21.4. The molecule has 0 aliphatic carbocycles. The largest absolute Gasteiger partial charge is 0.462 e. The zero-order valence-corrected chi connectivity index (χ0v) is 35.3. The summed E-state index contributed by atoms with van der Waals surface area (Å²) >= 11 is 0. The van der Waals surface area contributed by atoms with E-state index in [4.69, 9.17) is 14.2 Å². The van der Waals surface area contributed by atoms with E-state index in [2.05, 4.69) is 154 Å². The highest BCUT2D eigenvalue weighted by molar-refractivity contribution is 5.70. The molecule has 0 fully saturated rings. The number of allylic oxidation sites excluding steroid dienone is 24. The third-order valence-corrected chi connectivity index (χ3v) is 7.88. The maximum absolute atomic E-state index is 12.7. The van der Waals surface area contributed by atoms with Gasteiger partial charge in [0.2, 0.25) is 0 Å². The van der Waals surface area contributed by atoms with Crippen LogP contribution in [0.1, 0.15) is 136 Å². The van der Waals surface area contributed by atoms with Gasteiger partial charge in [-0.2, -0.15) is 0 Å². The van der Waals surface area contributed by atoms with E-state index in [-0.39, 0.29) is 38.0 Å². The van der Waals surface area contributed by atoms with E-state index in [0.717, 1.165) is 89.9 Å². The minimum absolute atomic E-state index is 0.0143. The van der Waals surface area contributed by atoms with Crippen LogP contribution in [0.15, 0.2) is 146 Å². The monoisotopic (exact) mass is 769 g/mol. The van der Waals surface area contributed by atoms with Gasteiger partial charge in [0, 0.05) is 19.4 Å². The Hall–Kier alpha value is -4.22. The fourth-order valence-electron chi connectivity index (χ4n) is 4.83. The predicted octanol–water partition coefficient (Wildman–Crippen LogP) is 14.2. The first kappa shape index (κ1) is 51.8. The van der Waals surface area contributed by atoms with Crippen LogP contribution in [0.5, 0.6) is 0 Å².